The van der Waals surface area contributed by atoms with Crippen molar-refractivity contribution >= 4 is 11.6 Å². The zero-order valence-electron chi connectivity index (χ0n) is 14.5. The van der Waals surface area contributed by atoms with Gasteiger partial charge in [-0.1, -0.05) is 6.07 Å². The van der Waals surface area contributed by atoms with Gasteiger partial charge in [0.05, 0.1) is 17.9 Å². The van der Waals surface area contributed by atoms with E-state index >= 15 is 0 Å². The number of pyridine rings is 1. The summed E-state index contributed by atoms with van der Waals surface area (Å²) in [5.41, 5.74) is 0.0792. The highest BCUT2D eigenvalue weighted by Gasteiger charge is 2.19. The van der Waals surface area contributed by atoms with E-state index in [-0.39, 0.29) is 17.3 Å². The summed E-state index contributed by atoms with van der Waals surface area (Å²) in [5, 5.41) is 16.4. The zero-order valence-corrected chi connectivity index (χ0v) is 14.5. The van der Waals surface area contributed by atoms with Gasteiger partial charge in [0.2, 0.25) is 5.88 Å². The maximum atomic E-state index is 13.7. The lowest BCUT2D eigenvalue weighted by atomic mass is 10.1. The maximum Gasteiger partial charge on any atom is 0.276 e. The third-order valence-electron chi connectivity index (χ3n) is 3.74. The number of nitrogens with one attached hydrogen (secondary N) is 1. The fourth-order valence-electron chi connectivity index (χ4n) is 2.48. The van der Waals surface area contributed by atoms with Crippen molar-refractivity contribution in [3.8, 4) is 22.9 Å². The summed E-state index contributed by atoms with van der Waals surface area (Å²) in [4.78, 5) is 16.4. The van der Waals surface area contributed by atoms with Crippen molar-refractivity contribution in [3.05, 3.63) is 53.9 Å². The second kappa shape index (κ2) is 7.40. The molecule has 0 aliphatic carbocycles. The summed E-state index contributed by atoms with van der Waals surface area (Å²) in [6, 6.07) is 5.99. The predicted octanol–water partition coefficient (Wildman–Crippen LogP) is 3.12. The third-order valence-corrected chi connectivity index (χ3v) is 3.74. The maximum absolute atomic E-state index is 13.7. The van der Waals surface area contributed by atoms with Gasteiger partial charge in [0, 0.05) is 19.3 Å². The highest BCUT2D eigenvalue weighted by Crippen LogP contribution is 2.31. The van der Waals surface area contributed by atoms with E-state index in [4.69, 9.17) is 4.74 Å². The van der Waals surface area contributed by atoms with Gasteiger partial charge in [-0.2, -0.15) is 5.10 Å². The van der Waals surface area contributed by atoms with Gasteiger partial charge < -0.3 is 15.2 Å². The molecule has 0 aliphatic heterocycles. The smallest absolute Gasteiger partial charge is 0.276 e. The number of carbonyl (C=O) groups excluding carboxylic acids is 1. The SMILES string of the molecule is CCOc1cc(O)c(-c2cc(C(=O)Nc3c(F)cccc3F)nn2C)cn1. The van der Waals surface area contributed by atoms with Crippen molar-refractivity contribution < 1.29 is 23.4 Å². The van der Waals surface area contributed by atoms with Gasteiger partial charge in [0.1, 0.15) is 23.1 Å². The molecular weight excluding hydrogens is 358 g/mol. The van der Waals surface area contributed by atoms with E-state index in [9.17, 15) is 18.7 Å². The number of amides is 1. The monoisotopic (exact) mass is 374 g/mol. The molecular formula is C18H16F2N4O3. The van der Waals surface area contributed by atoms with E-state index in [1.54, 1.807) is 14.0 Å². The molecule has 0 saturated carbocycles. The molecule has 0 unspecified atom stereocenters. The van der Waals surface area contributed by atoms with E-state index in [2.05, 4.69) is 15.4 Å². The van der Waals surface area contributed by atoms with Crippen molar-refractivity contribution in [1.82, 2.24) is 14.8 Å². The van der Waals surface area contributed by atoms with Crippen LogP contribution in [-0.2, 0) is 7.05 Å². The van der Waals surface area contributed by atoms with E-state index in [1.165, 1.54) is 29.1 Å². The first-order chi connectivity index (χ1) is 12.9. The van der Waals surface area contributed by atoms with Gasteiger partial charge in [-0.25, -0.2) is 13.8 Å². The Balaban J connectivity index is 1.89. The second-order valence-electron chi connectivity index (χ2n) is 5.56. The van der Waals surface area contributed by atoms with E-state index in [0.29, 0.717) is 17.9 Å². The van der Waals surface area contributed by atoms with E-state index in [0.717, 1.165) is 12.1 Å². The lowest BCUT2D eigenvalue weighted by molar-refractivity contribution is 0.102. The highest BCUT2D eigenvalue weighted by molar-refractivity contribution is 6.03. The zero-order chi connectivity index (χ0) is 19.6. The van der Waals surface area contributed by atoms with E-state index in [1.807, 2.05) is 0 Å². The number of aromatic hydroxyl groups is 1. The molecule has 0 spiro atoms. The molecule has 3 aromatic rings. The lowest BCUT2D eigenvalue weighted by Crippen LogP contribution is -2.15. The van der Waals surface area contributed by atoms with Crippen molar-refractivity contribution in [1.29, 1.82) is 0 Å². The average molecular weight is 374 g/mol. The Bertz CT molecular complexity index is 984. The molecule has 2 heterocycles. The van der Waals surface area contributed by atoms with Crippen LogP contribution in [0.1, 0.15) is 17.4 Å². The van der Waals surface area contributed by atoms with Crippen LogP contribution in [0.4, 0.5) is 14.5 Å². The van der Waals surface area contributed by atoms with Gasteiger partial charge >= 0.3 is 0 Å². The van der Waals surface area contributed by atoms with E-state index < -0.39 is 23.2 Å². The Labute approximate surface area is 153 Å². The number of anilines is 1. The molecule has 0 fully saturated rings. The van der Waals surface area contributed by atoms with Crippen LogP contribution in [0, 0.1) is 11.6 Å². The number of halogens is 2. The minimum Gasteiger partial charge on any atom is -0.507 e. The number of rotatable bonds is 5. The second-order valence-corrected chi connectivity index (χ2v) is 5.56. The third kappa shape index (κ3) is 3.71. The van der Waals surface area contributed by atoms with Gasteiger partial charge in [-0.15, -0.1) is 0 Å². The topological polar surface area (TPSA) is 89.3 Å². The molecule has 2 N–H and O–H groups in total. The average Bonchev–Trinajstić information content (AvgIpc) is 3.00. The summed E-state index contributed by atoms with van der Waals surface area (Å²) in [6.07, 6.45) is 1.38. The van der Waals surface area contributed by atoms with Crippen LogP contribution in [0.2, 0.25) is 0 Å². The first-order valence-corrected chi connectivity index (χ1v) is 8.02. The Morgan fingerprint density at radius 2 is 2.00 bits per heavy atom. The van der Waals surface area contributed by atoms with Gasteiger partial charge in [-0.3, -0.25) is 9.48 Å². The molecule has 0 aliphatic rings. The van der Waals surface area contributed by atoms with Crippen LogP contribution in [0.5, 0.6) is 11.6 Å². The number of aryl methyl sites for hydroxylation is 1. The van der Waals surface area contributed by atoms with Crippen molar-refractivity contribution in [2.24, 2.45) is 7.05 Å². The number of ether oxygens (including phenoxy) is 1. The highest BCUT2D eigenvalue weighted by atomic mass is 19.1. The number of benzene rings is 1. The molecule has 140 valence electrons. The summed E-state index contributed by atoms with van der Waals surface area (Å²) >= 11 is 0. The fraction of sp³-hybridized carbons (Fsp3) is 0.167. The van der Waals surface area contributed by atoms with Gasteiger partial charge in [0.25, 0.3) is 5.91 Å². The molecule has 0 radical (unpaired) electrons. The number of aromatic nitrogens is 3. The van der Waals surface area contributed by atoms with Crippen molar-refractivity contribution in [3.63, 3.8) is 0 Å². The normalized spacial score (nSPS) is 10.7. The summed E-state index contributed by atoms with van der Waals surface area (Å²) in [6.45, 7) is 2.19. The van der Waals surface area contributed by atoms with Crippen LogP contribution in [0.25, 0.3) is 11.3 Å². The summed E-state index contributed by atoms with van der Waals surface area (Å²) in [7, 11) is 1.56. The van der Waals surface area contributed by atoms with Crippen LogP contribution in [0.15, 0.2) is 36.5 Å². The Morgan fingerprint density at radius 1 is 1.30 bits per heavy atom. The molecule has 27 heavy (non-hydrogen) atoms. The molecule has 2 aromatic heterocycles. The summed E-state index contributed by atoms with van der Waals surface area (Å²) in [5.74, 6) is -2.43. The Morgan fingerprint density at radius 3 is 2.63 bits per heavy atom. The van der Waals surface area contributed by atoms with Crippen LogP contribution in [-0.4, -0.2) is 32.4 Å². The van der Waals surface area contributed by atoms with Gasteiger partial charge in [0.15, 0.2) is 5.69 Å². The van der Waals surface area contributed by atoms with Crippen molar-refractivity contribution in [2.45, 2.75) is 6.92 Å². The Kier molecular flexibility index (Phi) is 5.02. The van der Waals surface area contributed by atoms with Crippen LogP contribution >= 0.6 is 0 Å². The summed E-state index contributed by atoms with van der Waals surface area (Å²) < 4.78 is 34.0. The first-order valence-electron chi connectivity index (χ1n) is 8.02. The minimum atomic E-state index is -0.895. The molecule has 3 rings (SSSR count). The van der Waals surface area contributed by atoms with Crippen LogP contribution in [0.3, 0.4) is 0 Å². The molecule has 0 bridgehead atoms. The standard InChI is InChI=1S/C18H16F2N4O3/c1-3-27-16-8-15(25)10(9-21-16)14-7-13(23-24(14)2)18(26)22-17-11(19)5-4-6-12(17)20/h4-9H,3H2,1-2H3,(H,21,25)(H,22,26). The number of nitrogens with zero attached hydrogens (tertiary/aromatic N) is 3. The molecule has 9 heteroatoms. The Hall–Kier alpha value is -3.49. The van der Waals surface area contributed by atoms with Gasteiger partial charge in [-0.05, 0) is 25.1 Å². The molecule has 1 amide bonds. The molecule has 7 nitrogen and oxygen atoms in total. The minimum absolute atomic E-state index is 0.0802. The van der Waals surface area contributed by atoms with Crippen molar-refractivity contribution in [2.75, 3.05) is 11.9 Å². The van der Waals surface area contributed by atoms with Crippen LogP contribution < -0.4 is 10.1 Å². The quantitative estimate of drug-likeness (QED) is 0.716. The first kappa shape index (κ1) is 18.3. The number of carbonyl (C=O) groups is 1. The number of hydrogen-bond donors (Lipinski definition) is 2. The largest absolute Gasteiger partial charge is 0.507 e. The molecule has 1 aromatic carbocycles. The lowest BCUT2D eigenvalue weighted by Gasteiger charge is -2.07. The molecule has 0 saturated heterocycles. The molecule has 0 atom stereocenters. The number of para-hydroxylation sites is 1. The fourth-order valence-corrected chi connectivity index (χ4v) is 2.48. The predicted molar refractivity (Wildman–Crippen MR) is 93.6 cm³/mol. The number of hydrogen-bond acceptors (Lipinski definition) is 5.